The van der Waals surface area contributed by atoms with Crippen LogP contribution in [-0.4, -0.2) is 83.6 Å². The Hall–Kier alpha value is -5.15. The first kappa shape index (κ1) is 35.5. The van der Waals surface area contributed by atoms with Crippen LogP contribution in [0.2, 0.25) is 0 Å². The van der Waals surface area contributed by atoms with E-state index in [9.17, 15) is 14.7 Å². The molecule has 4 aromatic rings. The number of aryl methyl sites for hydroxylation is 1. The lowest BCUT2D eigenvalue weighted by molar-refractivity contribution is -0.126. The minimum absolute atomic E-state index is 0.100. The van der Waals surface area contributed by atoms with Gasteiger partial charge in [-0.15, -0.1) is 0 Å². The molecule has 0 radical (unpaired) electrons. The fourth-order valence-electron chi connectivity index (χ4n) is 9.90. The third kappa shape index (κ3) is 7.22. The smallest absolute Gasteiger partial charge is 0.256 e. The number of aromatic nitrogens is 1. The molecule has 55 heavy (non-hydrogen) atoms. The number of phenolic OH excluding ortho intramolecular Hbond substituents is 1. The standard InChI is InChI=1S/C46H52N6O3/c1-31-7-17-42(45(54)47-31)52-30-41-40(46(52)55)16-18-43(48-41)51-27-25-49(26-28-51)22-19-32-20-23-50(24-21-32)36-11-8-34(9-12-36)44-38(33-5-3-2-4-6-33)14-10-35-29-37(53)13-15-39(35)44/h2-6,8-9,11-13,15-16,18,29,32,38,42,44,53H,1,7,10,14,17,19-28,30H2,(H,47,54)/t38-,42?,44+/m1/s1. The summed E-state index contributed by atoms with van der Waals surface area (Å²) < 4.78 is 0. The number of fused-ring (bicyclic) bond motifs is 2. The Kier molecular flexibility index (Phi) is 9.81. The lowest BCUT2D eigenvalue weighted by atomic mass is 9.69. The number of benzene rings is 3. The minimum atomic E-state index is -0.463. The van der Waals surface area contributed by atoms with Gasteiger partial charge < -0.3 is 25.1 Å². The first-order chi connectivity index (χ1) is 26.9. The molecule has 1 unspecified atom stereocenters. The number of amides is 2. The zero-order valence-corrected chi connectivity index (χ0v) is 31.7. The molecular weight excluding hydrogens is 685 g/mol. The topological polar surface area (TPSA) is 92.3 Å². The summed E-state index contributed by atoms with van der Waals surface area (Å²) >= 11 is 0. The molecule has 5 heterocycles. The molecule has 4 aliphatic heterocycles. The number of nitrogens with one attached hydrogen (secondary N) is 1. The second-order valence-corrected chi connectivity index (χ2v) is 16.3. The number of hydrogen-bond donors (Lipinski definition) is 2. The number of rotatable bonds is 8. The van der Waals surface area contributed by atoms with Crippen LogP contribution in [0, 0.1) is 5.92 Å². The molecule has 1 aliphatic carbocycles. The zero-order valence-electron chi connectivity index (χ0n) is 31.7. The molecule has 2 amide bonds. The van der Waals surface area contributed by atoms with Gasteiger partial charge in [-0.2, -0.15) is 0 Å². The van der Waals surface area contributed by atoms with Crippen molar-refractivity contribution in [3.63, 3.8) is 0 Å². The zero-order chi connectivity index (χ0) is 37.5. The molecule has 0 saturated carbocycles. The predicted octanol–water partition coefficient (Wildman–Crippen LogP) is 6.83. The number of carbonyl (C=O) groups excluding carboxylic acids is 2. The van der Waals surface area contributed by atoms with Crippen molar-refractivity contribution in [1.29, 1.82) is 0 Å². The van der Waals surface area contributed by atoms with Crippen LogP contribution in [-0.2, 0) is 17.8 Å². The fourth-order valence-corrected chi connectivity index (χ4v) is 9.90. The van der Waals surface area contributed by atoms with Crippen molar-refractivity contribution in [1.82, 2.24) is 20.1 Å². The van der Waals surface area contributed by atoms with Crippen molar-refractivity contribution in [3.8, 4) is 5.75 Å². The maximum absolute atomic E-state index is 13.2. The average Bonchev–Trinajstić information content (AvgIpc) is 3.55. The summed E-state index contributed by atoms with van der Waals surface area (Å²) in [5.74, 6) is 2.47. The highest BCUT2D eigenvalue weighted by Gasteiger charge is 2.39. The second-order valence-electron chi connectivity index (χ2n) is 16.3. The molecule has 3 atom stereocenters. The normalized spacial score (nSPS) is 23.5. The van der Waals surface area contributed by atoms with Gasteiger partial charge in [0, 0.05) is 56.6 Å². The van der Waals surface area contributed by atoms with E-state index in [-0.39, 0.29) is 17.7 Å². The molecule has 3 saturated heterocycles. The fraction of sp³-hybridized carbons (Fsp3) is 0.413. The number of piperazine rings is 1. The van der Waals surface area contributed by atoms with E-state index in [2.05, 4.69) is 87.3 Å². The Morgan fingerprint density at radius 1 is 0.782 bits per heavy atom. The molecule has 3 fully saturated rings. The highest BCUT2D eigenvalue weighted by atomic mass is 16.3. The Morgan fingerprint density at radius 2 is 1.56 bits per heavy atom. The van der Waals surface area contributed by atoms with Crippen molar-refractivity contribution < 1.29 is 14.7 Å². The molecule has 5 aliphatic rings. The molecule has 2 N–H and O–H groups in total. The van der Waals surface area contributed by atoms with Crippen molar-refractivity contribution in [3.05, 3.63) is 131 Å². The molecule has 0 spiro atoms. The summed E-state index contributed by atoms with van der Waals surface area (Å²) in [6, 6.07) is 29.7. The van der Waals surface area contributed by atoms with Crippen molar-refractivity contribution >= 4 is 23.3 Å². The summed E-state index contributed by atoms with van der Waals surface area (Å²) in [5, 5.41) is 13.0. The van der Waals surface area contributed by atoms with Gasteiger partial charge in [0.15, 0.2) is 0 Å². The van der Waals surface area contributed by atoms with Crippen molar-refractivity contribution in [2.24, 2.45) is 5.92 Å². The van der Waals surface area contributed by atoms with Crippen LogP contribution in [0.3, 0.4) is 0 Å². The van der Waals surface area contributed by atoms with Crippen LogP contribution in [0.4, 0.5) is 11.5 Å². The van der Waals surface area contributed by atoms with Crippen LogP contribution in [0.25, 0.3) is 0 Å². The predicted molar refractivity (Wildman–Crippen MR) is 217 cm³/mol. The number of nitrogens with zero attached hydrogens (tertiary/aromatic N) is 5. The van der Waals surface area contributed by atoms with E-state index in [1.807, 2.05) is 24.3 Å². The molecular formula is C46H52N6O3. The maximum Gasteiger partial charge on any atom is 0.256 e. The second kappa shape index (κ2) is 15.2. The van der Waals surface area contributed by atoms with E-state index in [4.69, 9.17) is 4.98 Å². The van der Waals surface area contributed by atoms with Gasteiger partial charge in [-0.05, 0) is 122 Å². The molecule has 0 bridgehead atoms. The number of allylic oxidation sites excluding steroid dienone is 1. The highest BCUT2D eigenvalue weighted by molar-refractivity contribution is 6.01. The van der Waals surface area contributed by atoms with Crippen LogP contribution in [0.1, 0.15) is 88.7 Å². The SMILES string of the molecule is C=C1CCC(N2Cc3nc(N4CCN(CCC5CCN(c6ccc([C@@H]7c8ccc(O)cc8CC[C@@H]7c7ccccc7)cc6)CC5)CC4)ccc3C2=O)C(=O)N1. The Labute approximate surface area is 324 Å². The number of piperidine rings is 2. The molecule has 3 aromatic carbocycles. The van der Waals surface area contributed by atoms with E-state index < -0.39 is 6.04 Å². The number of carbonyl (C=O) groups is 2. The number of phenols is 1. The molecule has 9 nitrogen and oxygen atoms in total. The van der Waals surface area contributed by atoms with Crippen LogP contribution < -0.4 is 15.1 Å². The summed E-state index contributed by atoms with van der Waals surface area (Å²) in [6.45, 7) is 11.4. The Morgan fingerprint density at radius 3 is 2.33 bits per heavy atom. The van der Waals surface area contributed by atoms with Gasteiger partial charge in [0.2, 0.25) is 5.91 Å². The molecule has 284 valence electrons. The lowest BCUT2D eigenvalue weighted by Crippen LogP contribution is -2.49. The first-order valence-corrected chi connectivity index (χ1v) is 20.4. The quantitative estimate of drug-likeness (QED) is 0.205. The van der Waals surface area contributed by atoms with E-state index in [0.29, 0.717) is 36.6 Å². The largest absolute Gasteiger partial charge is 0.508 e. The van der Waals surface area contributed by atoms with Crippen molar-refractivity contribution in [2.75, 3.05) is 55.6 Å². The summed E-state index contributed by atoms with van der Waals surface area (Å²) in [6.07, 6.45) is 7.04. The highest BCUT2D eigenvalue weighted by Crippen LogP contribution is 2.47. The Bertz CT molecular complexity index is 2050. The molecule has 9 rings (SSSR count). The minimum Gasteiger partial charge on any atom is -0.508 e. The van der Waals surface area contributed by atoms with Gasteiger partial charge in [0.25, 0.3) is 5.91 Å². The van der Waals surface area contributed by atoms with Crippen LogP contribution in [0.15, 0.2) is 97.2 Å². The third-order valence-electron chi connectivity index (χ3n) is 13.1. The first-order valence-electron chi connectivity index (χ1n) is 20.4. The molecule has 1 aromatic heterocycles. The van der Waals surface area contributed by atoms with E-state index in [1.54, 1.807) is 4.90 Å². The lowest BCUT2D eigenvalue weighted by Gasteiger charge is -2.38. The van der Waals surface area contributed by atoms with Gasteiger partial charge in [0.1, 0.15) is 17.6 Å². The van der Waals surface area contributed by atoms with Crippen molar-refractivity contribution in [2.45, 2.75) is 69.4 Å². The third-order valence-corrected chi connectivity index (χ3v) is 13.1. The van der Waals surface area contributed by atoms with E-state index in [1.165, 1.54) is 47.2 Å². The summed E-state index contributed by atoms with van der Waals surface area (Å²) in [7, 11) is 0. The van der Waals surface area contributed by atoms with Gasteiger partial charge in [-0.1, -0.05) is 55.1 Å². The van der Waals surface area contributed by atoms with Gasteiger partial charge in [-0.25, -0.2) is 4.98 Å². The van der Waals surface area contributed by atoms with E-state index in [0.717, 1.165) is 81.8 Å². The number of anilines is 2. The number of pyridine rings is 1. The summed E-state index contributed by atoms with van der Waals surface area (Å²) in [4.78, 5) is 39.9. The van der Waals surface area contributed by atoms with Gasteiger partial charge in [-0.3, -0.25) is 14.5 Å². The average molecular weight is 737 g/mol. The maximum atomic E-state index is 13.2. The summed E-state index contributed by atoms with van der Waals surface area (Å²) in [5.41, 5.74) is 8.79. The number of hydrogen-bond acceptors (Lipinski definition) is 7. The Balaban J connectivity index is 0.756. The van der Waals surface area contributed by atoms with Gasteiger partial charge in [0.05, 0.1) is 17.8 Å². The van der Waals surface area contributed by atoms with Gasteiger partial charge >= 0.3 is 0 Å². The number of aromatic hydroxyl groups is 1. The monoisotopic (exact) mass is 736 g/mol. The van der Waals surface area contributed by atoms with Crippen LogP contribution >= 0.6 is 0 Å². The van der Waals surface area contributed by atoms with E-state index >= 15 is 0 Å². The van der Waals surface area contributed by atoms with Crippen LogP contribution in [0.5, 0.6) is 5.75 Å². The molecule has 9 heteroatoms.